The fraction of sp³-hybridized carbons (Fsp3) is 0. The molecular formula is C6HCl3INO2. The van der Waals surface area contributed by atoms with Gasteiger partial charge in [0.05, 0.1) is 13.6 Å². The summed E-state index contributed by atoms with van der Waals surface area (Å²) in [5, 5.41) is 8.75. The summed E-state index contributed by atoms with van der Waals surface area (Å²) in [5.41, 5.74) is -0.194. The van der Waals surface area contributed by atoms with Crippen molar-refractivity contribution in [2.75, 3.05) is 0 Å². The van der Waals surface area contributed by atoms with Crippen molar-refractivity contribution in [1.82, 2.24) is 4.98 Å². The van der Waals surface area contributed by atoms with Crippen molar-refractivity contribution in [3.63, 3.8) is 0 Å². The number of carboxylic acids is 1. The molecule has 0 amide bonds. The van der Waals surface area contributed by atoms with Gasteiger partial charge in [0.1, 0.15) is 5.15 Å². The van der Waals surface area contributed by atoms with Gasteiger partial charge < -0.3 is 5.11 Å². The molecule has 1 aromatic heterocycles. The molecule has 0 bridgehead atoms. The first-order valence-corrected chi connectivity index (χ1v) is 5.09. The molecular weight excluding hydrogens is 351 g/mol. The quantitative estimate of drug-likeness (QED) is 0.623. The summed E-state index contributed by atoms with van der Waals surface area (Å²) in [5.74, 6) is -1.19. The minimum Gasteiger partial charge on any atom is -0.476 e. The van der Waals surface area contributed by atoms with Gasteiger partial charge >= 0.3 is 5.97 Å². The molecule has 13 heavy (non-hydrogen) atoms. The highest BCUT2D eigenvalue weighted by Gasteiger charge is 2.18. The normalized spacial score (nSPS) is 10.2. The second-order valence-electron chi connectivity index (χ2n) is 2.00. The van der Waals surface area contributed by atoms with Gasteiger partial charge in [-0.05, 0) is 22.6 Å². The molecule has 0 atom stereocenters. The fourth-order valence-corrected chi connectivity index (χ4v) is 1.95. The van der Waals surface area contributed by atoms with Crippen molar-refractivity contribution in [2.24, 2.45) is 0 Å². The molecule has 1 heterocycles. The third-order valence-corrected chi connectivity index (χ3v) is 3.77. The van der Waals surface area contributed by atoms with Gasteiger partial charge in [-0.3, -0.25) is 0 Å². The van der Waals surface area contributed by atoms with Crippen molar-refractivity contribution in [1.29, 1.82) is 0 Å². The summed E-state index contributed by atoms with van der Waals surface area (Å²) in [6, 6.07) is 0. The van der Waals surface area contributed by atoms with Crippen LogP contribution in [0.5, 0.6) is 0 Å². The first kappa shape index (κ1) is 11.3. The zero-order chi connectivity index (χ0) is 10.2. The monoisotopic (exact) mass is 351 g/mol. The molecule has 0 fully saturated rings. The topological polar surface area (TPSA) is 50.2 Å². The van der Waals surface area contributed by atoms with Crippen LogP contribution in [0.4, 0.5) is 0 Å². The highest BCUT2D eigenvalue weighted by molar-refractivity contribution is 14.1. The second kappa shape index (κ2) is 4.16. The van der Waals surface area contributed by atoms with Crippen LogP contribution in [-0.2, 0) is 0 Å². The van der Waals surface area contributed by atoms with E-state index in [0.29, 0.717) is 0 Å². The summed E-state index contributed by atoms with van der Waals surface area (Å²) < 4.78 is 0.279. The SMILES string of the molecule is O=C(O)c1nc(Cl)c(Cl)c(Cl)c1I. The van der Waals surface area contributed by atoms with Crippen molar-refractivity contribution in [2.45, 2.75) is 0 Å². The van der Waals surface area contributed by atoms with Crippen LogP contribution in [0.2, 0.25) is 15.2 Å². The Bertz CT molecular complexity index is 383. The van der Waals surface area contributed by atoms with Crippen molar-refractivity contribution >= 4 is 63.4 Å². The standard InChI is InChI=1S/C6HCl3INO2/c7-1-2(8)5(9)11-4(3(1)10)6(12)13/h(H,12,13). The lowest BCUT2D eigenvalue weighted by molar-refractivity contribution is 0.0689. The zero-order valence-electron chi connectivity index (χ0n) is 5.81. The summed E-state index contributed by atoms with van der Waals surface area (Å²) in [4.78, 5) is 14.2. The highest BCUT2D eigenvalue weighted by atomic mass is 127. The zero-order valence-corrected chi connectivity index (χ0v) is 10.2. The van der Waals surface area contributed by atoms with E-state index in [1.165, 1.54) is 0 Å². The number of aromatic carboxylic acids is 1. The third-order valence-electron chi connectivity index (χ3n) is 1.19. The Morgan fingerprint density at radius 1 is 1.31 bits per heavy atom. The van der Waals surface area contributed by atoms with Crippen molar-refractivity contribution < 1.29 is 9.90 Å². The lowest BCUT2D eigenvalue weighted by atomic mass is 10.3. The van der Waals surface area contributed by atoms with E-state index in [1.54, 1.807) is 22.6 Å². The molecule has 0 aliphatic carbocycles. The van der Waals surface area contributed by atoms with Crippen LogP contribution in [0.15, 0.2) is 0 Å². The minimum atomic E-state index is -1.19. The van der Waals surface area contributed by atoms with Crippen LogP contribution < -0.4 is 0 Å². The molecule has 3 nitrogen and oxygen atoms in total. The van der Waals surface area contributed by atoms with Gasteiger partial charge in [0.2, 0.25) is 0 Å². The van der Waals surface area contributed by atoms with Gasteiger partial charge in [-0.15, -0.1) is 0 Å². The minimum absolute atomic E-state index is 0.0673. The van der Waals surface area contributed by atoms with Crippen molar-refractivity contribution in [3.05, 3.63) is 24.5 Å². The van der Waals surface area contributed by atoms with Crippen molar-refractivity contribution in [3.8, 4) is 0 Å². The van der Waals surface area contributed by atoms with E-state index in [2.05, 4.69) is 4.98 Å². The van der Waals surface area contributed by atoms with E-state index in [-0.39, 0.29) is 24.5 Å². The number of hydrogen-bond donors (Lipinski definition) is 1. The number of nitrogens with zero attached hydrogens (tertiary/aromatic N) is 1. The van der Waals surface area contributed by atoms with E-state index < -0.39 is 5.97 Å². The number of halogens is 4. The molecule has 0 unspecified atom stereocenters. The van der Waals surface area contributed by atoms with Gasteiger partial charge in [0, 0.05) is 0 Å². The number of hydrogen-bond acceptors (Lipinski definition) is 2. The maximum atomic E-state index is 10.6. The predicted molar refractivity (Wildman–Crippen MR) is 58.9 cm³/mol. The van der Waals surface area contributed by atoms with Crippen LogP contribution in [0.25, 0.3) is 0 Å². The van der Waals surface area contributed by atoms with E-state index in [1.807, 2.05) is 0 Å². The fourth-order valence-electron chi connectivity index (χ4n) is 0.629. The number of carbonyl (C=O) groups is 1. The molecule has 0 spiro atoms. The van der Waals surface area contributed by atoms with Gasteiger partial charge in [-0.2, -0.15) is 0 Å². The Hall–Kier alpha value is 0.220. The van der Waals surface area contributed by atoms with Crippen LogP contribution >= 0.6 is 57.4 Å². The van der Waals surface area contributed by atoms with Crippen LogP contribution in [0.1, 0.15) is 10.5 Å². The van der Waals surface area contributed by atoms with E-state index in [0.717, 1.165) is 0 Å². The maximum absolute atomic E-state index is 10.6. The van der Waals surface area contributed by atoms with Crippen LogP contribution in [-0.4, -0.2) is 16.1 Å². The van der Waals surface area contributed by atoms with Gasteiger partial charge in [-0.25, -0.2) is 9.78 Å². The van der Waals surface area contributed by atoms with Gasteiger partial charge in [-0.1, -0.05) is 34.8 Å². The molecule has 1 aromatic rings. The Balaban J connectivity index is 3.50. The Labute approximate surface area is 102 Å². The lowest BCUT2D eigenvalue weighted by Crippen LogP contribution is -2.04. The smallest absolute Gasteiger partial charge is 0.355 e. The first-order chi connectivity index (χ1) is 5.95. The Morgan fingerprint density at radius 3 is 2.31 bits per heavy atom. The number of rotatable bonds is 1. The Kier molecular flexibility index (Phi) is 3.62. The molecule has 1 N–H and O–H groups in total. The molecule has 0 radical (unpaired) electrons. The summed E-state index contributed by atoms with van der Waals surface area (Å²) in [6.45, 7) is 0. The van der Waals surface area contributed by atoms with E-state index in [9.17, 15) is 4.79 Å². The van der Waals surface area contributed by atoms with Crippen LogP contribution in [0.3, 0.4) is 0 Å². The Morgan fingerprint density at radius 2 is 1.85 bits per heavy atom. The molecule has 70 valence electrons. The average molecular weight is 352 g/mol. The maximum Gasteiger partial charge on any atom is 0.355 e. The molecule has 0 aliphatic rings. The lowest BCUT2D eigenvalue weighted by Gasteiger charge is -2.03. The largest absolute Gasteiger partial charge is 0.476 e. The molecule has 0 aromatic carbocycles. The summed E-state index contributed by atoms with van der Waals surface area (Å²) in [6.07, 6.45) is 0. The van der Waals surface area contributed by atoms with Crippen LogP contribution in [0, 0.1) is 3.57 Å². The number of aromatic nitrogens is 1. The summed E-state index contributed by atoms with van der Waals surface area (Å²) in [7, 11) is 0. The second-order valence-corrected chi connectivity index (χ2v) is 4.19. The molecule has 0 saturated carbocycles. The van der Waals surface area contributed by atoms with E-state index in [4.69, 9.17) is 39.9 Å². The third kappa shape index (κ3) is 2.18. The van der Waals surface area contributed by atoms with Gasteiger partial charge in [0.25, 0.3) is 0 Å². The van der Waals surface area contributed by atoms with Gasteiger partial charge in [0.15, 0.2) is 5.69 Å². The summed E-state index contributed by atoms with van der Waals surface area (Å²) >= 11 is 18.6. The predicted octanol–water partition coefficient (Wildman–Crippen LogP) is 3.34. The number of carboxylic acid groups (broad SMARTS) is 1. The molecule has 0 aliphatic heterocycles. The molecule has 1 rings (SSSR count). The highest BCUT2D eigenvalue weighted by Crippen LogP contribution is 2.33. The molecule has 0 saturated heterocycles. The number of pyridine rings is 1. The van der Waals surface area contributed by atoms with E-state index >= 15 is 0 Å². The molecule has 7 heteroatoms. The average Bonchev–Trinajstić information content (AvgIpc) is 2.07. The first-order valence-electron chi connectivity index (χ1n) is 2.88.